The van der Waals surface area contributed by atoms with Crippen LogP contribution in [0.25, 0.3) is 0 Å². The van der Waals surface area contributed by atoms with Crippen LogP contribution in [0.3, 0.4) is 0 Å². The molecule has 2 aliphatic rings. The molecular formula is C20H26N4O2. The number of carbonyl (C=O) groups is 1. The molecule has 138 valence electrons. The van der Waals surface area contributed by atoms with E-state index in [-0.39, 0.29) is 5.91 Å². The van der Waals surface area contributed by atoms with Gasteiger partial charge < -0.3 is 9.64 Å². The van der Waals surface area contributed by atoms with Gasteiger partial charge in [-0.05, 0) is 31.4 Å². The van der Waals surface area contributed by atoms with Crippen LogP contribution in [-0.4, -0.2) is 58.8 Å². The first-order valence-electron chi connectivity index (χ1n) is 9.37. The standard InChI is InChI=1S/C20H26N4O2/c1-26-18-7-3-2-6-17(18)16-22-14-8-20(9-15-22,24-13-4-10-21-24)19(25)23-11-5-12-23/h2-4,6-7,10,13H,5,8-9,11-12,14-16H2,1H3. The van der Waals surface area contributed by atoms with E-state index in [2.05, 4.69) is 16.1 Å². The molecule has 3 heterocycles. The van der Waals surface area contributed by atoms with Crippen molar-refractivity contribution >= 4 is 5.91 Å². The van der Waals surface area contributed by atoms with Crippen molar-refractivity contribution in [2.45, 2.75) is 31.3 Å². The van der Waals surface area contributed by atoms with Gasteiger partial charge >= 0.3 is 0 Å². The van der Waals surface area contributed by atoms with Crippen molar-refractivity contribution < 1.29 is 9.53 Å². The van der Waals surface area contributed by atoms with E-state index < -0.39 is 5.54 Å². The molecule has 1 amide bonds. The number of ether oxygens (including phenoxy) is 1. The second kappa shape index (κ2) is 7.11. The number of nitrogens with zero attached hydrogens (tertiary/aromatic N) is 4. The summed E-state index contributed by atoms with van der Waals surface area (Å²) in [6.45, 7) is 4.35. The number of rotatable bonds is 5. The molecule has 0 saturated carbocycles. The molecule has 0 unspecified atom stereocenters. The molecule has 0 bridgehead atoms. The zero-order chi connectivity index (χ0) is 18.0. The smallest absolute Gasteiger partial charge is 0.250 e. The largest absolute Gasteiger partial charge is 0.496 e. The van der Waals surface area contributed by atoms with Crippen LogP contribution in [0.1, 0.15) is 24.8 Å². The molecule has 0 aliphatic carbocycles. The minimum atomic E-state index is -0.527. The van der Waals surface area contributed by atoms with E-state index >= 15 is 0 Å². The summed E-state index contributed by atoms with van der Waals surface area (Å²) in [5, 5.41) is 4.44. The Morgan fingerprint density at radius 2 is 1.92 bits per heavy atom. The van der Waals surface area contributed by atoms with Crippen molar-refractivity contribution in [2.75, 3.05) is 33.3 Å². The second-order valence-electron chi connectivity index (χ2n) is 7.22. The Kier molecular flexibility index (Phi) is 4.68. The van der Waals surface area contributed by atoms with E-state index in [1.165, 1.54) is 5.56 Å². The Labute approximate surface area is 154 Å². The van der Waals surface area contributed by atoms with Crippen LogP contribution in [0.5, 0.6) is 5.75 Å². The number of para-hydroxylation sites is 1. The van der Waals surface area contributed by atoms with Gasteiger partial charge in [0.1, 0.15) is 11.3 Å². The van der Waals surface area contributed by atoms with Gasteiger partial charge in [0, 0.05) is 50.7 Å². The van der Waals surface area contributed by atoms with E-state index in [9.17, 15) is 4.79 Å². The minimum Gasteiger partial charge on any atom is -0.496 e. The molecule has 0 N–H and O–H groups in total. The van der Waals surface area contributed by atoms with Crippen molar-refractivity contribution in [3.05, 3.63) is 48.3 Å². The Hall–Kier alpha value is -2.34. The molecular weight excluding hydrogens is 328 g/mol. The van der Waals surface area contributed by atoms with Crippen LogP contribution in [0, 0.1) is 0 Å². The zero-order valence-electron chi connectivity index (χ0n) is 15.3. The van der Waals surface area contributed by atoms with E-state index in [0.717, 1.165) is 57.7 Å². The van der Waals surface area contributed by atoms with E-state index in [1.807, 2.05) is 40.0 Å². The van der Waals surface area contributed by atoms with Gasteiger partial charge in [-0.2, -0.15) is 5.10 Å². The van der Waals surface area contributed by atoms with Gasteiger partial charge in [-0.1, -0.05) is 18.2 Å². The van der Waals surface area contributed by atoms with Gasteiger partial charge in [0.05, 0.1) is 7.11 Å². The van der Waals surface area contributed by atoms with Crippen molar-refractivity contribution in [1.82, 2.24) is 19.6 Å². The lowest BCUT2D eigenvalue weighted by Crippen LogP contribution is -2.59. The topological polar surface area (TPSA) is 50.6 Å². The first-order chi connectivity index (χ1) is 12.7. The van der Waals surface area contributed by atoms with Gasteiger partial charge in [-0.25, -0.2) is 0 Å². The van der Waals surface area contributed by atoms with Crippen molar-refractivity contribution in [1.29, 1.82) is 0 Å². The highest BCUT2D eigenvalue weighted by molar-refractivity contribution is 5.85. The molecule has 2 saturated heterocycles. The highest BCUT2D eigenvalue weighted by Gasteiger charge is 2.46. The molecule has 4 rings (SSSR count). The highest BCUT2D eigenvalue weighted by Crippen LogP contribution is 2.34. The maximum atomic E-state index is 13.2. The van der Waals surface area contributed by atoms with Gasteiger partial charge in [-0.3, -0.25) is 14.4 Å². The Balaban J connectivity index is 1.50. The summed E-state index contributed by atoms with van der Waals surface area (Å²) in [7, 11) is 1.71. The summed E-state index contributed by atoms with van der Waals surface area (Å²) in [6.07, 6.45) is 6.40. The average Bonchev–Trinajstić information content (AvgIpc) is 3.16. The molecule has 2 aromatic rings. The molecule has 2 aliphatic heterocycles. The van der Waals surface area contributed by atoms with Crippen LogP contribution in [0.4, 0.5) is 0 Å². The fraction of sp³-hybridized carbons (Fsp3) is 0.500. The lowest BCUT2D eigenvalue weighted by Gasteiger charge is -2.45. The van der Waals surface area contributed by atoms with E-state index in [0.29, 0.717) is 0 Å². The third-order valence-electron chi connectivity index (χ3n) is 5.75. The molecule has 0 radical (unpaired) electrons. The van der Waals surface area contributed by atoms with Crippen LogP contribution < -0.4 is 4.74 Å². The Morgan fingerprint density at radius 1 is 1.15 bits per heavy atom. The summed E-state index contributed by atoms with van der Waals surface area (Å²) < 4.78 is 7.37. The number of methoxy groups -OCH3 is 1. The number of likely N-dealkylation sites (tertiary alicyclic amines) is 2. The van der Waals surface area contributed by atoms with E-state index in [1.54, 1.807) is 13.3 Å². The maximum Gasteiger partial charge on any atom is 0.250 e. The Morgan fingerprint density at radius 3 is 2.54 bits per heavy atom. The highest BCUT2D eigenvalue weighted by atomic mass is 16.5. The fourth-order valence-corrected chi connectivity index (χ4v) is 4.03. The number of piperidine rings is 1. The molecule has 2 fully saturated rings. The normalized spacial score (nSPS) is 19.8. The van der Waals surface area contributed by atoms with Gasteiger partial charge in [0.2, 0.25) is 0 Å². The fourth-order valence-electron chi connectivity index (χ4n) is 4.03. The Bertz CT molecular complexity index is 747. The number of aromatic nitrogens is 2. The van der Waals surface area contributed by atoms with Crippen LogP contribution in [-0.2, 0) is 16.9 Å². The second-order valence-corrected chi connectivity index (χ2v) is 7.22. The van der Waals surface area contributed by atoms with Crippen molar-refractivity contribution in [3.63, 3.8) is 0 Å². The van der Waals surface area contributed by atoms with Gasteiger partial charge in [-0.15, -0.1) is 0 Å². The molecule has 1 aromatic heterocycles. The van der Waals surface area contributed by atoms with Gasteiger partial charge in [0.15, 0.2) is 0 Å². The van der Waals surface area contributed by atoms with Gasteiger partial charge in [0.25, 0.3) is 5.91 Å². The predicted octanol–water partition coefficient (Wildman–Crippen LogP) is 2.12. The maximum absolute atomic E-state index is 13.2. The average molecular weight is 354 g/mol. The number of hydrogen-bond donors (Lipinski definition) is 0. The number of carbonyl (C=O) groups excluding carboxylic acids is 1. The monoisotopic (exact) mass is 354 g/mol. The number of hydrogen-bond acceptors (Lipinski definition) is 4. The lowest BCUT2D eigenvalue weighted by atomic mass is 9.85. The molecule has 26 heavy (non-hydrogen) atoms. The molecule has 6 heteroatoms. The van der Waals surface area contributed by atoms with Crippen molar-refractivity contribution in [2.24, 2.45) is 0 Å². The van der Waals surface area contributed by atoms with Crippen LogP contribution >= 0.6 is 0 Å². The summed E-state index contributed by atoms with van der Waals surface area (Å²) in [6, 6.07) is 10.1. The van der Waals surface area contributed by atoms with Crippen LogP contribution in [0.2, 0.25) is 0 Å². The lowest BCUT2D eigenvalue weighted by molar-refractivity contribution is -0.148. The molecule has 6 nitrogen and oxygen atoms in total. The first-order valence-corrected chi connectivity index (χ1v) is 9.37. The summed E-state index contributed by atoms with van der Waals surface area (Å²) >= 11 is 0. The minimum absolute atomic E-state index is 0.240. The quantitative estimate of drug-likeness (QED) is 0.825. The zero-order valence-corrected chi connectivity index (χ0v) is 15.3. The SMILES string of the molecule is COc1ccccc1CN1CCC(C(=O)N2CCC2)(n2cccn2)CC1. The molecule has 1 aromatic carbocycles. The van der Waals surface area contributed by atoms with Crippen LogP contribution in [0.15, 0.2) is 42.7 Å². The predicted molar refractivity (Wildman–Crippen MR) is 98.9 cm³/mol. The summed E-state index contributed by atoms with van der Waals surface area (Å²) in [5.41, 5.74) is 0.664. The van der Waals surface area contributed by atoms with E-state index in [4.69, 9.17) is 4.74 Å². The number of amides is 1. The third kappa shape index (κ3) is 2.98. The third-order valence-corrected chi connectivity index (χ3v) is 5.75. The van der Waals surface area contributed by atoms with Crippen molar-refractivity contribution in [3.8, 4) is 5.75 Å². The molecule has 0 atom stereocenters. The molecule has 0 spiro atoms. The summed E-state index contributed by atoms with van der Waals surface area (Å²) in [5.74, 6) is 1.16. The first kappa shape index (κ1) is 17.1. The summed E-state index contributed by atoms with van der Waals surface area (Å²) in [4.78, 5) is 17.6. The number of benzene rings is 1.